The number of benzene rings is 2. The lowest BCUT2D eigenvalue weighted by molar-refractivity contribution is 0.0746. The van der Waals surface area contributed by atoms with Crippen molar-refractivity contribution in [1.82, 2.24) is 14.2 Å². The van der Waals surface area contributed by atoms with Crippen LogP contribution in [0.25, 0.3) is 10.2 Å². The first-order valence-electron chi connectivity index (χ1n) is 10.5. The van der Waals surface area contributed by atoms with E-state index in [-0.39, 0.29) is 16.6 Å². The summed E-state index contributed by atoms with van der Waals surface area (Å²) in [6.45, 7) is 6.60. The van der Waals surface area contributed by atoms with E-state index in [0.29, 0.717) is 50.3 Å². The first-order valence-corrected chi connectivity index (χ1v) is 12.8. The Morgan fingerprint density at radius 2 is 1.72 bits per heavy atom. The summed E-state index contributed by atoms with van der Waals surface area (Å²) in [5.41, 5.74) is 0.838. The molecule has 2 aromatic carbocycles. The smallest absolute Gasteiger partial charge is 0.253 e. The topological polar surface area (TPSA) is 73.8 Å². The number of para-hydroxylation sites is 1. The molecular weight excluding hydrogens is 451 g/mol. The van der Waals surface area contributed by atoms with Gasteiger partial charge in [-0.3, -0.25) is 4.79 Å². The molecule has 1 saturated heterocycles. The van der Waals surface area contributed by atoms with Crippen molar-refractivity contribution in [3.8, 4) is 0 Å². The number of hydrogen-bond donors (Lipinski definition) is 0. The lowest BCUT2D eigenvalue weighted by Crippen LogP contribution is -2.48. The van der Waals surface area contributed by atoms with Crippen LogP contribution in [0.5, 0.6) is 0 Å². The van der Waals surface area contributed by atoms with Crippen LogP contribution < -0.4 is 4.90 Å². The largest absolute Gasteiger partial charge is 0.345 e. The fourth-order valence-corrected chi connectivity index (χ4v) is 6.29. The van der Waals surface area contributed by atoms with Gasteiger partial charge in [-0.1, -0.05) is 31.3 Å². The van der Waals surface area contributed by atoms with Gasteiger partial charge in [0.15, 0.2) is 5.13 Å². The third-order valence-electron chi connectivity index (χ3n) is 5.64. The molecule has 0 atom stereocenters. The molecule has 2 heterocycles. The molecule has 4 rings (SSSR count). The summed E-state index contributed by atoms with van der Waals surface area (Å²) in [6, 6.07) is 11.1. The van der Waals surface area contributed by atoms with E-state index in [4.69, 9.17) is 0 Å². The van der Waals surface area contributed by atoms with Crippen molar-refractivity contribution < 1.29 is 17.6 Å². The number of thiazole rings is 1. The van der Waals surface area contributed by atoms with Crippen LogP contribution >= 0.6 is 11.3 Å². The lowest BCUT2D eigenvalue weighted by atomic mass is 10.2. The van der Waals surface area contributed by atoms with Crippen LogP contribution in [-0.4, -0.2) is 67.8 Å². The quantitative estimate of drug-likeness (QED) is 0.545. The van der Waals surface area contributed by atoms with Crippen LogP contribution in [0.4, 0.5) is 9.52 Å². The average molecular weight is 477 g/mol. The zero-order valence-corrected chi connectivity index (χ0v) is 19.6. The summed E-state index contributed by atoms with van der Waals surface area (Å²) in [5.74, 6) is -0.461. The van der Waals surface area contributed by atoms with Gasteiger partial charge in [0.1, 0.15) is 11.3 Å². The Bertz CT molecular complexity index is 1220. The molecule has 32 heavy (non-hydrogen) atoms. The van der Waals surface area contributed by atoms with Crippen molar-refractivity contribution >= 4 is 42.6 Å². The highest BCUT2D eigenvalue weighted by atomic mass is 32.2. The van der Waals surface area contributed by atoms with E-state index in [2.05, 4.69) is 9.88 Å². The van der Waals surface area contributed by atoms with Gasteiger partial charge < -0.3 is 9.80 Å². The van der Waals surface area contributed by atoms with Gasteiger partial charge in [0.05, 0.1) is 9.60 Å². The maximum atomic E-state index is 13.9. The predicted octanol–water partition coefficient (Wildman–Crippen LogP) is 3.43. The van der Waals surface area contributed by atoms with Crippen LogP contribution in [0.2, 0.25) is 0 Å². The number of rotatable bonds is 6. The third-order valence-corrected chi connectivity index (χ3v) is 8.79. The van der Waals surface area contributed by atoms with Crippen LogP contribution in [-0.2, 0) is 10.0 Å². The molecule has 1 fully saturated rings. The molecule has 10 heteroatoms. The SMILES string of the molecule is CCN(CC)S(=O)(=O)c1ccc(C(=O)N2CCN(c3nc4c(F)cccc4s3)CC2)cc1. The summed E-state index contributed by atoms with van der Waals surface area (Å²) < 4.78 is 41.4. The van der Waals surface area contributed by atoms with Gasteiger partial charge in [-0.2, -0.15) is 4.31 Å². The molecule has 170 valence electrons. The molecule has 1 aromatic heterocycles. The van der Waals surface area contributed by atoms with Crippen LogP contribution in [0.1, 0.15) is 24.2 Å². The summed E-state index contributed by atoms with van der Waals surface area (Å²) in [7, 11) is -3.55. The van der Waals surface area contributed by atoms with Gasteiger partial charge in [0.25, 0.3) is 5.91 Å². The van der Waals surface area contributed by atoms with Gasteiger partial charge in [-0.25, -0.2) is 17.8 Å². The second-order valence-electron chi connectivity index (χ2n) is 7.48. The van der Waals surface area contributed by atoms with Crippen LogP contribution in [0, 0.1) is 5.82 Å². The summed E-state index contributed by atoms with van der Waals surface area (Å²) in [5, 5.41) is 0.753. The minimum absolute atomic E-state index is 0.133. The monoisotopic (exact) mass is 476 g/mol. The van der Waals surface area contributed by atoms with Crippen LogP contribution in [0.3, 0.4) is 0 Å². The zero-order chi connectivity index (χ0) is 22.9. The number of halogens is 1. The normalized spacial score (nSPS) is 15.0. The van der Waals surface area contributed by atoms with Gasteiger partial charge in [-0.05, 0) is 36.4 Å². The Balaban J connectivity index is 1.42. The number of piperazine rings is 1. The second-order valence-corrected chi connectivity index (χ2v) is 10.4. The van der Waals surface area contributed by atoms with E-state index < -0.39 is 10.0 Å². The number of sulfonamides is 1. The molecule has 0 radical (unpaired) electrons. The molecule has 1 aliphatic rings. The maximum absolute atomic E-state index is 13.9. The highest BCUT2D eigenvalue weighted by molar-refractivity contribution is 7.89. The molecule has 0 saturated carbocycles. The van der Waals surface area contributed by atoms with E-state index in [1.54, 1.807) is 36.9 Å². The number of carbonyl (C=O) groups excluding carboxylic acids is 1. The Labute approximate surface area is 191 Å². The van der Waals surface area contributed by atoms with Gasteiger partial charge in [0, 0.05) is 44.8 Å². The summed E-state index contributed by atoms with van der Waals surface area (Å²) in [4.78, 5) is 21.3. The highest BCUT2D eigenvalue weighted by Gasteiger charge is 2.26. The minimum atomic E-state index is -3.55. The number of anilines is 1. The summed E-state index contributed by atoms with van der Waals surface area (Å²) in [6.07, 6.45) is 0. The van der Waals surface area contributed by atoms with Gasteiger partial charge in [0.2, 0.25) is 10.0 Å². The number of aromatic nitrogens is 1. The Kier molecular flexibility index (Phi) is 6.45. The molecule has 0 spiro atoms. The zero-order valence-electron chi connectivity index (χ0n) is 18.0. The Hall–Kier alpha value is -2.56. The maximum Gasteiger partial charge on any atom is 0.253 e. The fraction of sp³-hybridized carbons (Fsp3) is 0.364. The average Bonchev–Trinajstić information content (AvgIpc) is 3.25. The van der Waals surface area contributed by atoms with Gasteiger partial charge >= 0.3 is 0 Å². The van der Waals surface area contributed by atoms with Crippen LogP contribution in [0.15, 0.2) is 47.4 Å². The number of fused-ring (bicyclic) bond motifs is 1. The van der Waals surface area contributed by atoms with E-state index >= 15 is 0 Å². The molecule has 3 aromatic rings. The van der Waals surface area contributed by atoms with E-state index in [0.717, 1.165) is 9.83 Å². The van der Waals surface area contributed by atoms with Crippen molar-refractivity contribution in [2.75, 3.05) is 44.2 Å². The summed E-state index contributed by atoms with van der Waals surface area (Å²) >= 11 is 1.44. The first kappa shape index (κ1) is 22.6. The number of nitrogens with zero attached hydrogens (tertiary/aromatic N) is 4. The molecule has 1 aliphatic heterocycles. The number of carbonyl (C=O) groups is 1. The molecular formula is C22H25FN4O3S2. The van der Waals surface area contributed by atoms with Crippen molar-refractivity contribution in [3.63, 3.8) is 0 Å². The molecule has 0 unspecified atom stereocenters. The highest BCUT2D eigenvalue weighted by Crippen LogP contribution is 2.30. The van der Waals surface area contributed by atoms with E-state index in [9.17, 15) is 17.6 Å². The second kappa shape index (κ2) is 9.13. The molecule has 0 bridgehead atoms. The molecule has 0 aliphatic carbocycles. The lowest BCUT2D eigenvalue weighted by Gasteiger charge is -2.34. The molecule has 0 N–H and O–H groups in total. The van der Waals surface area contributed by atoms with E-state index in [1.807, 2.05) is 6.07 Å². The number of amides is 1. The van der Waals surface area contributed by atoms with Crippen molar-refractivity contribution in [2.24, 2.45) is 0 Å². The van der Waals surface area contributed by atoms with Crippen molar-refractivity contribution in [1.29, 1.82) is 0 Å². The Morgan fingerprint density at radius 1 is 1.06 bits per heavy atom. The van der Waals surface area contributed by atoms with Gasteiger partial charge in [-0.15, -0.1) is 0 Å². The minimum Gasteiger partial charge on any atom is -0.345 e. The van der Waals surface area contributed by atoms with Crippen molar-refractivity contribution in [3.05, 3.63) is 53.8 Å². The first-order chi connectivity index (χ1) is 15.3. The molecule has 1 amide bonds. The van der Waals surface area contributed by atoms with E-state index in [1.165, 1.54) is 33.8 Å². The standard InChI is InChI=1S/C22H25FN4O3S2/c1-3-27(4-2)32(29,30)17-10-8-16(9-11-17)21(28)25-12-14-26(15-13-25)22-24-20-18(23)6-5-7-19(20)31-22/h5-11H,3-4,12-15H2,1-2H3. The molecule has 7 nitrogen and oxygen atoms in total. The van der Waals surface area contributed by atoms with Crippen molar-refractivity contribution in [2.45, 2.75) is 18.7 Å². The number of hydrogen-bond acceptors (Lipinski definition) is 6. The predicted molar refractivity (Wildman–Crippen MR) is 124 cm³/mol. The Morgan fingerprint density at radius 3 is 2.31 bits per heavy atom. The third kappa shape index (κ3) is 4.22. The fourth-order valence-electron chi connectivity index (χ4n) is 3.80.